The van der Waals surface area contributed by atoms with E-state index in [0.717, 1.165) is 13.1 Å². The number of piperazine rings is 1. The van der Waals surface area contributed by atoms with Crippen molar-refractivity contribution in [2.45, 2.75) is 0 Å². The fourth-order valence-corrected chi connectivity index (χ4v) is 2.59. The number of rotatable bonds is 5. The molecule has 23 heavy (non-hydrogen) atoms. The van der Waals surface area contributed by atoms with Crippen LogP contribution in [0.2, 0.25) is 0 Å². The second-order valence-corrected chi connectivity index (χ2v) is 5.42. The lowest BCUT2D eigenvalue weighted by atomic mass is 10.2. The highest BCUT2D eigenvalue weighted by molar-refractivity contribution is 5.93. The molecule has 0 spiro atoms. The molecule has 0 saturated carbocycles. The fraction of sp³-hybridized carbons (Fsp3) is 0.353. The van der Waals surface area contributed by atoms with Crippen LogP contribution in [-0.2, 0) is 0 Å². The minimum absolute atomic E-state index is 0.000932. The monoisotopic (exact) mass is 318 g/mol. The first-order chi connectivity index (χ1) is 11.2. The largest absolute Gasteiger partial charge is 0.489 e. The van der Waals surface area contributed by atoms with E-state index >= 15 is 0 Å². The molecule has 0 bridgehead atoms. The van der Waals surface area contributed by atoms with Crippen molar-refractivity contribution in [3.63, 3.8) is 0 Å². The van der Waals surface area contributed by atoms with E-state index in [-0.39, 0.29) is 17.5 Å². The topological polar surface area (TPSA) is 45.9 Å². The highest BCUT2D eigenvalue weighted by Crippen LogP contribution is 2.15. The third kappa shape index (κ3) is 3.90. The van der Waals surface area contributed by atoms with E-state index in [4.69, 9.17) is 9.15 Å². The van der Waals surface area contributed by atoms with Crippen LogP contribution in [0.1, 0.15) is 10.4 Å². The third-order valence-electron chi connectivity index (χ3n) is 3.93. The van der Waals surface area contributed by atoms with Gasteiger partial charge in [0, 0.05) is 32.7 Å². The zero-order chi connectivity index (χ0) is 16.1. The number of carbonyl (C=O) groups is 1. The number of benzene rings is 1. The van der Waals surface area contributed by atoms with Crippen LogP contribution in [0, 0.1) is 5.82 Å². The molecule has 0 aliphatic carbocycles. The van der Waals surface area contributed by atoms with Gasteiger partial charge in [-0.15, -0.1) is 0 Å². The summed E-state index contributed by atoms with van der Waals surface area (Å²) >= 11 is 0. The summed E-state index contributed by atoms with van der Waals surface area (Å²) in [6, 6.07) is 8.07. The van der Waals surface area contributed by atoms with Crippen molar-refractivity contribution in [1.82, 2.24) is 9.80 Å². The van der Waals surface area contributed by atoms with E-state index < -0.39 is 0 Å². The number of hydrogen-bond acceptors (Lipinski definition) is 4. The number of nitrogens with zero attached hydrogens (tertiary/aromatic N) is 2. The fourth-order valence-electron chi connectivity index (χ4n) is 2.59. The minimum Gasteiger partial charge on any atom is -0.489 e. The first-order valence-corrected chi connectivity index (χ1v) is 7.65. The number of hydrogen-bond donors (Lipinski definition) is 0. The van der Waals surface area contributed by atoms with Crippen LogP contribution in [0.15, 0.2) is 47.3 Å². The molecule has 0 N–H and O–H groups in total. The standard InChI is InChI=1S/C17H19FN2O3/c18-15-3-1-2-4-16(15)23-12-10-19-6-8-20(9-7-19)17(21)14-5-11-22-13-14/h1-5,11,13H,6-10,12H2. The number of carbonyl (C=O) groups excluding carboxylic acids is 1. The SMILES string of the molecule is O=C(c1ccoc1)N1CCN(CCOc2ccccc2F)CC1. The summed E-state index contributed by atoms with van der Waals surface area (Å²) in [7, 11) is 0. The second-order valence-electron chi connectivity index (χ2n) is 5.42. The quantitative estimate of drug-likeness (QED) is 0.848. The van der Waals surface area contributed by atoms with Crippen molar-refractivity contribution in [1.29, 1.82) is 0 Å². The van der Waals surface area contributed by atoms with Gasteiger partial charge >= 0.3 is 0 Å². The summed E-state index contributed by atoms with van der Waals surface area (Å²) in [5.41, 5.74) is 0.585. The number of amides is 1. The van der Waals surface area contributed by atoms with E-state index in [1.165, 1.54) is 18.6 Å². The van der Waals surface area contributed by atoms with Gasteiger partial charge in [0.2, 0.25) is 0 Å². The van der Waals surface area contributed by atoms with Crippen molar-refractivity contribution >= 4 is 5.91 Å². The summed E-state index contributed by atoms with van der Waals surface area (Å²) in [5, 5.41) is 0. The molecule has 1 amide bonds. The normalized spacial score (nSPS) is 15.6. The lowest BCUT2D eigenvalue weighted by Gasteiger charge is -2.34. The Bertz CT molecular complexity index is 637. The first-order valence-electron chi connectivity index (χ1n) is 7.65. The molecule has 0 radical (unpaired) electrons. The van der Waals surface area contributed by atoms with Gasteiger partial charge in [-0.05, 0) is 18.2 Å². The number of ether oxygens (including phenoxy) is 1. The van der Waals surface area contributed by atoms with Gasteiger partial charge in [0.1, 0.15) is 12.9 Å². The van der Waals surface area contributed by atoms with E-state index in [0.29, 0.717) is 31.8 Å². The summed E-state index contributed by atoms with van der Waals surface area (Å²) in [5.74, 6) is -0.0645. The smallest absolute Gasteiger partial charge is 0.257 e. The molecule has 0 atom stereocenters. The van der Waals surface area contributed by atoms with E-state index in [2.05, 4.69) is 4.90 Å². The average molecular weight is 318 g/mol. The molecule has 1 aliphatic heterocycles. The van der Waals surface area contributed by atoms with Crippen LogP contribution in [0.25, 0.3) is 0 Å². The van der Waals surface area contributed by atoms with Gasteiger partial charge in [0.15, 0.2) is 11.6 Å². The summed E-state index contributed by atoms with van der Waals surface area (Å²) in [6.45, 7) is 4.04. The molecule has 1 aromatic heterocycles. The summed E-state index contributed by atoms with van der Waals surface area (Å²) in [6.07, 6.45) is 2.97. The third-order valence-corrected chi connectivity index (χ3v) is 3.93. The molecule has 1 saturated heterocycles. The van der Waals surface area contributed by atoms with Gasteiger partial charge < -0.3 is 14.1 Å². The van der Waals surface area contributed by atoms with Crippen LogP contribution in [0.4, 0.5) is 4.39 Å². The zero-order valence-electron chi connectivity index (χ0n) is 12.8. The summed E-state index contributed by atoms with van der Waals surface area (Å²) in [4.78, 5) is 16.2. The highest BCUT2D eigenvalue weighted by atomic mass is 19.1. The molecule has 3 rings (SSSR count). The van der Waals surface area contributed by atoms with Crippen molar-refractivity contribution < 1.29 is 18.3 Å². The van der Waals surface area contributed by atoms with Gasteiger partial charge in [-0.25, -0.2) is 4.39 Å². The van der Waals surface area contributed by atoms with Crippen molar-refractivity contribution in [3.05, 3.63) is 54.2 Å². The first kappa shape index (κ1) is 15.6. The molecule has 5 nitrogen and oxygen atoms in total. The van der Waals surface area contributed by atoms with Gasteiger partial charge in [-0.2, -0.15) is 0 Å². The Morgan fingerprint density at radius 3 is 2.65 bits per heavy atom. The predicted octanol–water partition coefficient (Wildman–Crippen LogP) is 2.26. The maximum absolute atomic E-state index is 13.4. The molecule has 2 aromatic rings. The molecule has 2 heterocycles. The molecule has 122 valence electrons. The van der Waals surface area contributed by atoms with E-state index in [1.54, 1.807) is 24.3 Å². The Morgan fingerprint density at radius 1 is 1.17 bits per heavy atom. The minimum atomic E-state index is -0.344. The van der Waals surface area contributed by atoms with Crippen molar-refractivity contribution in [3.8, 4) is 5.75 Å². The average Bonchev–Trinajstić information content (AvgIpc) is 3.11. The van der Waals surface area contributed by atoms with Crippen molar-refractivity contribution in [2.24, 2.45) is 0 Å². The zero-order valence-corrected chi connectivity index (χ0v) is 12.8. The molecule has 1 fully saturated rings. The maximum Gasteiger partial charge on any atom is 0.257 e. The van der Waals surface area contributed by atoms with Crippen LogP contribution in [-0.4, -0.2) is 55.0 Å². The number of para-hydroxylation sites is 1. The van der Waals surface area contributed by atoms with Crippen molar-refractivity contribution in [2.75, 3.05) is 39.3 Å². The van der Waals surface area contributed by atoms with Gasteiger partial charge in [0.05, 0.1) is 11.8 Å². The number of furan rings is 1. The Morgan fingerprint density at radius 2 is 1.96 bits per heavy atom. The molecular formula is C17H19FN2O3. The molecule has 0 unspecified atom stereocenters. The summed E-state index contributed by atoms with van der Waals surface area (Å²) < 4.78 is 23.8. The molecule has 6 heteroatoms. The Balaban J connectivity index is 1.41. The lowest BCUT2D eigenvalue weighted by Crippen LogP contribution is -2.49. The van der Waals surface area contributed by atoms with Gasteiger partial charge in [-0.1, -0.05) is 12.1 Å². The van der Waals surface area contributed by atoms with Crippen LogP contribution in [0.5, 0.6) is 5.75 Å². The van der Waals surface area contributed by atoms with Gasteiger partial charge in [-0.3, -0.25) is 9.69 Å². The lowest BCUT2D eigenvalue weighted by molar-refractivity contribution is 0.0618. The Labute approximate surface area is 134 Å². The maximum atomic E-state index is 13.4. The van der Waals surface area contributed by atoms with E-state index in [1.807, 2.05) is 4.90 Å². The molecule has 1 aliphatic rings. The van der Waals surface area contributed by atoms with Crippen LogP contribution in [0.3, 0.4) is 0 Å². The predicted molar refractivity (Wildman–Crippen MR) is 82.9 cm³/mol. The van der Waals surface area contributed by atoms with Crippen LogP contribution < -0.4 is 4.74 Å². The molecule has 1 aromatic carbocycles. The number of halogens is 1. The Hall–Kier alpha value is -2.34. The van der Waals surface area contributed by atoms with E-state index in [9.17, 15) is 9.18 Å². The second kappa shape index (κ2) is 7.28. The Kier molecular flexibility index (Phi) is 4.92. The van der Waals surface area contributed by atoms with Crippen LogP contribution >= 0.6 is 0 Å². The van der Waals surface area contributed by atoms with Gasteiger partial charge in [0.25, 0.3) is 5.91 Å². The molecular weight excluding hydrogens is 299 g/mol. The highest BCUT2D eigenvalue weighted by Gasteiger charge is 2.22.